The minimum Gasteiger partial charge on any atom is -0.490 e. The number of nitro benzene ring substituents is 1. The molecular weight excluding hydrogens is 458 g/mol. The summed E-state index contributed by atoms with van der Waals surface area (Å²) in [6.07, 6.45) is 0. The highest BCUT2D eigenvalue weighted by atomic mass is 32.1. The number of hydrogen-bond acceptors (Lipinski definition) is 8. The first-order chi connectivity index (χ1) is 16.4. The number of carbonyl (C=O) groups is 2. The molecule has 0 spiro atoms. The van der Waals surface area contributed by atoms with Crippen molar-refractivity contribution < 1.29 is 24.0 Å². The Morgan fingerprint density at radius 2 is 1.94 bits per heavy atom. The average Bonchev–Trinajstić information content (AvgIpc) is 3.38. The number of amides is 1. The fraction of sp³-hybridized carbons (Fsp3) is 0.125. The Morgan fingerprint density at radius 3 is 2.65 bits per heavy atom. The summed E-state index contributed by atoms with van der Waals surface area (Å²) in [5.41, 5.74) is 2.15. The summed E-state index contributed by atoms with van der Waals surface area (Å²) >= 11 is 1.50. The number of pyridine rings is 1. The van der Waals surface area contributed by atoms with Crippen molar-refractivity contribution in [3.8, 4) is 16.3 Å². The number of nitrogens with zero attached hydrogens (tertiary/aromatic N) is 2. The summed E-state index contributed by atoms with van der Waals surface area (Å²) < 4.78 is 10.3. The van der Waals surface area contributed by atoms with E-state index in [0.29, 0.717) is 33.4 Å². The largest absolute Gasteiger partial charge is 0.490 e. The fourth-order valence-corrected chi connectivity index (χ4v) is 4.09. The van der Waals surface area contributed by atoms with Crippen LogP contribution in [0, 0.1) is 17.0 Å². The number of fused-ring (bicyclic) bond motifs is 1. The lowest BCUT2D eigenvalue weighted by Gasteiger charge is -2.12. The molecule has 0 radical (unpaired) electrons. The van der Waals surface area contributed by atoms with E-state index in [1.54, 1.807) is 31.2 Å². The maximum absolute atomic E-state index is 12.9. The van der Waals surface area contributed by atoms with Gasteiger partial charge in [0.25, 0.3) is 5.91 Å². The lowest BCUT2D eigenvalue weighted by Crippen LogP contribution is -2.21. The third-order valence-electron chi connectivity index (χ3n) is 5.04. The van der Waals surface area contributed by atoms with Gasteiger partial charge in [-0.05, 0) is 36.1 Å². The van der Waals surface area contributed by atoms with Crippen molar-refractivity contribution in [2.24, 2.45) is 0 Å². The van der Waals surface area contributed by atoms with E-state index >= 15 is 0 Å². The molecule has 2 heterocycles. The van der Waals surface area contributed by atoms with Crippen molar-refractivity contribution in [2.75, 3.05) is 19.0 Å². The lowest BCUT2D eigenvalue weighted by molar-refractivity contribution is -0.385. The molecule has 0 aliphatic heterocycles. The second kappa shape index (κ2) is 9.67. The van der Waals surface area contributed by atoms with Crippen LogP contribution in [0.5, 0.6) is 5.75 Å². The maximum Gasteiger partial charge on any atom is 0.339 e. The molecule has 1 amide bonds. The predicted octanol–water partition coefficient (Wildman–Crippen LogP) is 4.98. The van der Waals surface area contributed by atoms with E-state index < -0.39 is 23.4 Å². The Kier molecular flexibility index (Phi) is 6.51. The number of aromatic nitrogens is 1. The van der Waals surface area contributed by atoms with E-state index in [2.05, 4.69) is 10.3 Å². The molecule has 0 fully saturated rings. The van der Waals surface area contributed by atoms with E-state index in [0.717, 1.165) is 4.88 Å². The first-order valence-corrected chi connectivity index (χ1v) is 11.0. The van der Waals surface area contributed by atoms with Crippen LogP contribution in [0.4, 0.5) is 11.4 Å². The van der Waals surface area contributed by atoms with E-state index in [1.165, 1.54) is 30.6 Å². The van der Waals surface area contributed by atoms with E-state index in [1.807, 2.05) is 23.6 Å². The standard InChI is InChI=1S/C24H19N3O6S/c1-14-10-20(27(30)31)21(32-2)12-18(14)26-23(28)13-33-24(29)16-11-19(22-8-5-9-34-22)25-17-7-4-3-6-15(16)17/h3-12H,13H2,1-2H3,(H,26,28). The first kappa shape index (κ1) is 22.9. The van der Waals surface area contributed by atoms with Crippen LogP contribution in [-0.2, 0) is 9.53 Å². The van der Waals surface area contributed by atoms with Crippen molar-refractivity contribution in [1.82, 2.24) is 4.98 Å². The maximum atomic E-state index is 12.9. The molecule has 0 aliphatic rings. The smallest absolute Gasteiger partial charge is 0.339 e. The van der Waals surface area contributed by atoms with Crippen LogP contribution in [-0.4, -0.2) is 35.5 Å². The van der Waals surface area contributed by atoms with Gasteiger partial charge in [0.1, 0.15) is 0 Å². The molecule has 172 valence electrons. The number of carbonyl (C=O) groups excluding carboxylic acids is 2. The van der Waals surface area contributed by atoms with Crippen molar-refractivity contribution in [3.63, 3.8) is 0 Å². The minimum atomic E-state index is -0.662. The van der Waals surface area contributed by atoms with Crippen LogP contribution in [0.2, 0.25) is 0 Å². The molecule has 10 heteroatoms. The highest BCUT2D eigenvalue weighted by Gasteiger charge is 2.20. The number of nitrogens with one attached hydrogen (secondary N) is 1. The summed E-state index contributed by atoms with van der Waals surface area (Å²) in [7, 11) is 1.30. The molecule has 0 aliphatic carbocycles. The SMILES string of the molecule is COc1cc(NC(=O)COC(=O)c2cc(-c3cccs3)nc3ccccc23)c(C)cc1[N+](=O)[O-]. The molecule has 4 rings (SSSR count). The molecule has 0 atom stereocenters. The van der Waals surface area contributed by atoms with E-state index in [-0.39, 0.29) is 11.4 Å². The number of para-hydroxylation sites is 1. The van der Waals surface area contributed by atoms with Gasteiger partial charge in [0.05, 0.1) is 33.7 Å². The number of anilines is 1. The summed E-state index contributed by atoms with van der Waals surface area (Å²) in [6, 6.07) is 15.3. The van der Waals surface area contributed by atoms with Gasteiger partial charge >= 0.3 is 11.7 Å². The quantitative estimate of drug-likeness (QED) is 0.226. The number of rotatable bonds is 7. The predicted molar refractivity (Wildman–Crippen MR) is 128 cm³/mol. The molecular formula is C24H19N3O6S. The van der Waals surface area contributed by atoms with Crippen LogP contribution in [0.25, 0.3) is 21.5 Å². The zero-order chi connectivity index (χ0) is 24.2. The minimum absolute atomic E-state index is 0.00672. The topological polar surface area (TPSA) is 121 Å². The number of ether oxygens (including phenoxy) is 2. The number of hydrogen-bond donors (Lipinski definition) is 1. The van der Waals surface area contributed by atoms with Gasteiger partial charge in [0, 0.05) is 23.2 Å². The van der Waals surface area contributed by atoms with Crippen molar-refractivity contribution in [1.29, 1.82) is 0 Å². The van der Waals surface area contributed by atoms with Gasteiger partial charge in [-0.15, -0.1) is 11.3 Å². The zero-order valence-corrected chi connectivity index (χ0v) is 19.0. The Bertz CT molecular complexity index is 1400. The normalized spacial score (nSPS) is 10.6. The second-order valence-electron chi connectivity index (χ2n) is 7.27. The Morgan fingerprint density at radius 1 is 1.15 bits per heavy atom. The van der Waals surface area contributed by atoms with E-state index in [4.69, 9.17) is 9.47 Å². The number of thiophene rings is 1. The fourth-order valence-electron chi connectivity index (χ4n) is 3.40. The van der Waals surface area contributed by atoms with Gasteiger partial charge < -0.3 is 14.8 Å². The van der Waals surface area contributed by atoms with Crippen LogP contribution in [0.15, 0.2) is 60.0 Å². The van der Waals surface area contributed by atoms with Gasteiger partial charge in [-0.3, -0.25) is 14.9 Å². The van der Waals surface area contributed by atoms with Gasteiger partial charge in [-0.1, -0.05) is 24.3 Å². The molecule has 0 saturated carbocycles. The Labute approximate surface area is 198 Å². The first-order valence-electron chi connectivity index (χ1n) is 10.1. The average molecular weight is 477 g/mol. The number of benzene rings is 2. The monoisotopic (exact) mass is 477 g/mol. The van der Waals surface area contributed by atoms with Gasteiger partial charge in [-0.25, -0.2) is 9.78 Å². The Balaban J connectivity index is 1.52. The van der Waals surface area contributed by atoms with Crippen LogP contribution in [0.3, 0.4) is 0 Å². The second-order valence-corrected chi connectivity index (χ2v) is 8.22. The van der Waals surface area contributed by atoms with Crippen molar-refractivity contribution >= 4 is 45.5 Å². The molecule has 1 N–H and O–H groups in total. The molecule has 9 nitrogen and oxygen atoms in total. The van der Waals surface area contributed by atoms with Crippen LogP contribution >= 0.6 is 11.3 Å². The summed E-state index contributed by atoms with van der Waals surface area (Å²) in [6.45, 7) is 1.08. The highest BCUT2D eigenvalue weighted by Crippen LogP contribution is 2.33. The van der Waals surface area contributed by atoms with Gasteiger partial charge in [-0.2, -0.15) is 0 Å². The third-order valence-corrected chi connectivity index (χ3v) is 5.93. The molecule has 0 unspecified atom stereocenters. The van der Waals surface area contributed by atoms with Crippen molar-refractivity contribution in [3.05, 3.63) is 81.2 Å². The number of nitro groups is 1. The molecule has 2 aromatic carbocycles. The number of methoxy groups -OCH3 is 1. The van der Waals surface area contributed by atoms with Crippen LogP contribution < -0.4 is 10.1 Å². The molecule has 34 heavy (non-hydrogen) atoms. The summed E-state index contributed by atoms with van der Waals surface area (Å²) in [5.74, 6) is -1.25. The summed E-state index contributed by atoms with van der Waals surface area (Å²) in [5, 5.41) is 16.3. The van der Waals surface area contributed by atoms with Crippen molar-refractivity contribution in [2.45, 2.75) is 6.92 Å². The number of aryl methyl sites for hydroxylation is 1. The van der Waals surface area contributed by atoms with Gasteiger partial charge in [0.2, 0.25) is 0 Å². The number of esters is 1. The van der Waals surface area contributed by atoms with Gasteiger partial charge in [0.15, 0.2) is 12.4 Å². The van der Waals surface area contributed by atoms with Crippen LogP contribution in [0.1, 0.15) is 15.9 Å². The third kappa shape index (κ3) is 4.71. The molecule has 0 bridgehead atoms. The highest BCUT2D eigenvalue weighted by molar-refractivity contribution is 7.13. The Hall–Kier alpha value is -4.31. The lowest BCUT2D eigenvalue weighted by atomic mass is 10.1. The molecule has 4 aromatic rings. The van der Waals surface area contributed by atoms with E-state index in [9.17, 15) is 19.7 Å². The zero-order valence-electron chi connectivity index (χ0n) is 18.2. The molecule has 2 aromatic heterocycles. The summed E-state index contributed by atoms with van der Waals surface area (Å²) in [4.78, 5) is 41.5. The molecule has 0 saturated heterocycles.